The molecule has 158 valence electrons. The number of hydrogen-bond donors (Lipinski definition) is 2. The van der Waals surface area contributed by atoms with Gasteiger partial charge in [0, 0.05) is 16.9 Å². The fourth-order valence-electron chi connectivity index (χ4n) is 2.74. The van der Waals surface area contributed by atoms with Crippen molar-refractivity contribution < 1.29 is 23.9 Å². The summed E-state index contributed by atoms with van der Waals surface area (Å²) < 4.78 is 10.1. The number of ether oxygens (including phenoxy) is 2. The van der Waals surface area contributed by atoms with E-state index in [0.29, 0.717) is 22.7 Å². The summed E-state index contributed by atoms with van der Waals surface area (Å²) in [5.74, 6) is -0.523. The Kier molecular flexibility index (Phi) is 7.37. The third-order valence-electron chi connectivity index (χ3n) is 4.33. The van der Waals surface area contributed by atoms with Gasteiger partial charge in [0.05, 0.1) is 13.5 Å². The fourth-order valence-corrected chi connectivity index (χ4v) is 2.74. The first-order valence-corrected chi connectivity index (χ1v) is 9.58. The van der Waals surface area contributed by atoms with E-state index in [1.54, 1.807) is 55.6 Å². The van der Waals surface area contributed by atoms with Crippen molar-refractivity contribution in [1.82, 2.24) is 0 Å². The Bertz CT molecular complexity index is 1030. The van der Waals surface area contributed by atoms with Crippen LogP contribution in [0.5, 0.6) is 5.75 Å². The Balaban J connectivity index is 1.46. The molecular weight excluding hydrogens is 396 g/mol. The van der Waals surface area contributed by atoms with E-state index in [0.717, 1.165) is 5.56 Å². The Labute approximate surface area is 180 Å². The standard InChI is InChI=1S/C24H22N2O5/c1-30-21-13-11-20(12-14-21)26-24(29)18-7-9-19(10-8-18)25-22(27)16-31-23(28)15-17-5-3-2-4-6-17/h2-14H,15-16H2,1H3,(H,25,27)(H,26,29). The first-order valence-electron chi connectivity index (χ1n) is 9.58. The van der Waals surface area contributed by atoms with Crippen LogP contribution in [0.4, 0.5) is 11.4 Å². The Morgan fingerprint density at radius 3 is 2.03 bits per heavy atom. The lowest BCUT2D eigenvalue weighted by atomic mass is 10.2. The highest BCUT2D eigenvalue weighted by Crippen LogP contribution is 2.17. The zero-order chi connectivity index (χ0) is 22.1. The van der Waals surface area contributed by atoms with E-state index >= 15 is 0 Å². The summed E-state index contributed by atoms with van der Waals surface area (Å²) in [6.07, 6.45) is 0.103. The van der Waals surface area contributed by atoms with Gasteiger partial charge in [-0.2, -0.15) is 0 Å². The molecule has 0 saturated carbocycles. The number of carbonyl (C=O) groups is 3. The highest BCUT2D eigenvalue weighted by molar-refractivity contribution is 6.04. The van der Waals surface area contributed by atoms with Crippen molar-refractivity contribution in [2.45, 2.75) is 6.42 Å². The van der Waals surface area contributed by atoms with Gasteiger partial charge in [0.15, 0.2) is 6.61 Å². The maximum Gasteiger partial charge on any atom is 0.310 e. The second-order valence-corrected chi connectivity index (χ2v) is 6.63. The van der Waals surface area contributed by atoms with Crippen LogP contribution in [0.1, 0.15) is 15.9 Å². The molecule has 0 aliphatic carbocycles. The number of esters is 1. The van der Waals surface area contributed by atoms with Gasteiger partial charge < -0.3 is 20.1 Å². The van der Waals surface area contributed by atoms with Crippen LogP contribution < -0.4 is 15.4 Å². The van der Waals surface area contributed by atoms with Crippen LogP contribution in [0, 0.1) is 0 Å². The predicted octanol–water partition coefficient (Wildman–Crippen LogP) is 3.67. The Morgan fingerprint density at radius 2 is 1.39 bits per heavy atom. The van der Waals surface area contributed by atoms with E-state index < -0.39 is 11.9 Å². The van der Waals surface area contributed by atoms with Crippen molar-refractivity contribution in [3.63, 3.8) is 0 Å². The molecule has 31 heavy (non-hydrogen) atoms. The average molecular weight is 418 g/mol. The summed E-state index contributed by atoms with van der Waals surface area (Å²) in [6.45, 7) is -0.384. The summed E-state index contributed by atoms with van der Waals surface area (Å²) in [4.78, 5) is 36.2. The molecule has 0 bridgehead atoms. The van der Waals surface area contributed by atoms with Gasteiger partial charge in [-0.05, 0) is 54.1 Å². The smallest absolute Gasteiger partial charge is 0.310 e. The summed E-state index contributed by atoms with van der Waals surface area (Å²) in [5, 5.41) is 5.41. The van der Waals surface area contributed by atoms with E-state index in [9.17, 15) is 14.4 Å². The molecule has 3 aromatic carbocycles. The number of anilines is 2. The molecule has 7 nitrogen and oxygen atoms in total. The summed E-state index contributed by atoms with van der Waals surface area (Å²) in [5.41, 5.74) is 2.38. The largest absolute Gasteiger partial charge is 0.497 e. The Hall–Kier alpha value is -4.13. The molecule has 7 heteroatoms. The van der Waals surface area contributed by atoms with Crippen LogP contribution in [-0.4, -0.2) is 31.5 Å². The molecule has 0 fully saturated rings. The fraction of sp³-hybridized carbons (Fsp3) is 0.125. The van der Waals surface area contributed by atoms with E-state index in [1.165, 1.54) is 0 Å². The lowest BCUT2D eigenvalue weighted by Gasteiger charge is -2.09. The number of methoxy groups -OCH3 is 1. The summed E-state index contributed by atoms with van der Waals surface area (Å²) >= 11 is 0. The molecule has 2 amide bonds. The molecule has 0 saturated heterocycles. The molecule has 0 aliphatic heterocycles. The van der Waals surface area contributed by atoms with E-state index in [2.05, 4.69) is 10.6 Å². The third-order valence-corrected chi connectivity index (χ3v) is 4.33. The monoisotopic (exact) mass is 418 g/mol. The quantitative estimate of drug-likeness (QED) is 0.545. The first kappa shape index (κ1) is 21.6. The highest BCUT2D eigenvalue weighted by Gasteiger charge is 2.10. The molecule has 0 radical (unpaired) electrons. The molecule has 2 N–H and O–H groups in total. The lowest BCUT2D eigenvalue weighted by molar-refractivity contribution is -0.146. The van der Waals surface area contributed by atoms with Gasteiger partial charge in [0.1, 0.15) is 5.75 Å². The lowest BCUT2D eigenvalue weighted by Crippen LogP contribution is -2.21. The number of hydrogen-bond acceptors (Lipinski definition) is 5. The zero-order valence-electron chi connectivity index (χ0n) is 17.0. The summed E-state index contributed by atoms with van der Waals surface area (Å²) in [7, 11) is 1.57. The van der Waals surface area contributed by atoms with Crippen molar-refractivity contribution in [2.24, 2.45) is 0 Å². The number of benzene rings is 3. The van der Waals surface area contributed by atoms with Crippen LogP contribution in [0.3, 0.4) is 0 Å². The van der Waals surface area contributed by atoms with E-state index in [4.69, 9.17) is 9.47 Å². The topological polar surface area (TPSA) is 93.7 Å². The van der Waals surface area contributed by atoms with Crippen molar-refractivity contribution in [3.05, 3.63) is 90.0 Å². The van der Waals surface area contributed by atoms with Gasteiger partial charge >= 0.3 is 5.97 Å². The SMILES string of the molecule is COc1ccc(NC(=O)c2ccc(NC(=O)COC(=O)Cc3ccccc3)cc2)cc1. The molecule has 0 unspecified atom stereocenters. The van der Waals surface area contributed by atoms with Crippen LogP contribution in [0.15, 0.2) is 78.9 Å². The molecule has 0 aromatic heterocycles. The molecule has 0 heterocycles. The van der Waals surface area contributed by atoms with Crippen molar-refractivity contribution in [3.8, 4) is 5.75 Å². The second-order valence-electron chi connectivity index (χ2n) is 6.63. The first-order chi connectivity index (χ1) is 15.0. The van der Waals surface area contributed by atoms with Crippen LogP contribution >= 0.6 is 0 Å². The third kappa shape index (κ3) is 6.71. The van der Waals surface area contributed by atoms with Crippen molar-refractivity contribution in [1.29, 1.82) is 0 Å². The number of carbonyl (C=O) groups excluding carboxylic acids is 3. The molecule has 3 rings (SSSR count). The van der Waals surface area contributed by atoms with Gasteiger partial charge in [-0.3, -0.25) is 14.4 Å². The van der Waals surface area contributed by atoms with Gasteiger partial charge in [0.25, 0.3) is 11.8 Å². The molecule has 0 spiro atoms. The maximum absolute atomic E-state index is 12.3. The van der Waals surface area contributed by atoms with E-state index in [-0.39, 0.29) is 18.9 Å². The van der Waals surface area contributed by atoms with Gasteiger partial charge in [-0.25, -0.2) is 0 Å². The van der Waals surface area contributed by atoms with Crippen LogP contribution in [-0.2, 0) is 20.7 Å². The Morgan fingerprint density at radius 1 is 0.774 bits per heavy atom. The van der Waals surface area contributed by atoms with Crippen molar-refractivity contribution in [2.75, 3.05) is 24.4 Å². The summed E-state index contributed by atoms with van der Waals surface area (Å²) in [6, 6.07) is 22.5. The number of rotatable bonds is 8. The molecule has 3 aromatic rings. The predicted molar refractivity (Wildman–Crippen MR) is 117 cm³/mol. The maximum atomic E-state index is 12.3. The highest BCUT2D eigenvalue weighted by atomic mass is 16.5. The second kappa shape index (κ2) is 10.6. The van der Waals surface area contributed by atoms with Crippen molar-refractivity contribution >= 4 is 29.2 Å². The van der Waals surface area contributed by atoms with Gasteiger partial charge in [0.2, 0.25) is 0 Å². The van der Waals surface area contributed by atoms with E-state index in [1.807, 2.05) is 30.3 Å². The number of nitrogens with one attached hydrogen (secondary N) is 2. The zero-order valence-corrected chi connectivity index (χ0v) is 17.0. The molecule has 0 atom stereocenters. The van der Waals surface area contributed by atoms with Crippen LogP contribution in [0.2, 0.25) is 0 Å². The normalized spacial score (nSPS) is 10.1. The molecule has 0 aliphatic rings. The minimum atomic E-state index is -0.480. The molecular formula is C24H22N2O5. The average Bonchev–Trinajstić information content (AvgIpc) is 2.79. The minimum absolute atomic E-state index is 0.103. The van der Waals surface area contributed by atoms with Gasteiger partial charge in [-0.1, -0.05) is 30.3 Å². The number of amides is 2. The van der Waals surface area contributed by atoms with Gasteiger partial charge in [-0.15, -0.1) is 0 Å². The van der Waals surface area contributed by atoms with Crippen LogP contribution in [0.25, 0.3) is 0 Å². The minimum Gasteiger partial charge on any atom is -0.497 e.